The van der Waals surface area contributed by atoms with Gasteiger partial charge in [0.1, 0.15) is 11.6 Å². The second-order valence-electron chi connectivity index (χ2n) is 9.16. The number of carbonyl (C=O) groups excluding carboxylic acids is 3. The molecule has 0 aromatic heterocycles. The van der Waals surface area contributed by atoms with E-state index in [1.54, 1.807) is 31.2 Å². The minimum absolute atomic E-state index is 0.0666. The average Bonchev–Trinajstić information content (AvgIpc) is 3.43. The number of nitrogens with zero attached hydrogens (tertiary/aromatic N) is 1. The summed E-state index contributed by atoms with van der Waals surface area (Å²) < 4.78 is 11.6. The Morgan fingerprint density at radius 3 is 2.73 bits per heavy atom. The highest BCUT2D eigenvalue weighted by molar-refractivity contribution is 6.33. The lowest BCUT2D eigenvalue weighted by Crippen LogP contribution is -2.57. The number of fused-ring (bicyclic) bond motifs is 1. The van der Waals surface area contributed by atoms with E-state index in [-0.39, 0.29) is 25.0 Å². The quantitative estimate of drug-likeness (QED) is 0.556. The van der Waals surface area contributed by atoms with Crippen molar-refractivity contribution in [2.45, 2.75) is 63.8 Å². The normalized spacial score (nSPS) is 31.9. The van der Waals surface area contributed by atoms with E-state index in [4.69, 9.17) is 21.1 Å². The molecular formula is C24H31ClN2O6. The van der Waals surface area contributed by atoms with E-state index >= 15 is 0 Å². The molecule has 0 aliphatic carbocycles. The Labute approximate surface area is 198 Å². The molecule has 3 fully saturated rings. The van der Waals surface area contributed by atoms with Crippen LogP contribution in [0, 0.1) is 17.8 Å². The van der Waals surface area contributed by atoms with Gasteiger partial charge < -0.3 is 24.8 Å². The maximum Gasteiger partial charge on any atom is 0.312 e. The monoisotopic (exact) mass is 478 g/mol. The molecule has 180 valence electrons. The van der Waals surface area contributed by atoms with E-state index in [9.17, 15) is 19.5 Å². The van der Waals surface area contributed by atoms with E-state index < -0.39 is 47.5 Å². The van der Waals surface area contributed by atoms with Crippen LogP contribution in [0.1, 0.15) is 40.0 Å². The molecule has 2 unspecified atom stereocenters. The molecule has 8 nitrogen and oxygen atoms in total. The highest BCUT2D eigenvalue weighted by Gasteiger charge is 2.75. The number of benzene rings is 1. The van der Waals surface area contributed by atoms with Crippen molar-refractivity contribution in [2.75, 3.05) is 18.5 Å². The van der Waals surface area contributed by atoms with Crippen molar-refractivity contribution in [1.29, 1.82) is 0 Å². The van der Waals surface area contributed by atoms with Crippen molar-refractivity contribution in [3.8, 4) is 0 Å². The highest BCUT2D eigenvalue weighted by Crippen LogP contribution is 2.59. The highest BCUT2D eigenvalue weighted by atomic mass is 35.5. The molecule has 3 saturated heterocycles. The fourth-order valence-corrected chi connectivity index (χ4v) is 6.02. The number of nitrogens with one attached hydrogen (secondary N) is 1. The zero-order valence-electron chi connectivity index (χ0n) is 19.1. The third-order valence-electron chi connectivity index (χ3n) is 7.52. The number of aliphatic hydroxyl groups is 1. The first-order valence-electron chi connectivity index (χ1n) is 11.6. The van der Waals surface area contributed by atoms with Gasteiger partial charge in [0, 0.05) is 0 Å². The van der Waals surface area contributed by atoms with E-state index in [0.29, 0.717) is 30.0 Å². The van der Waals surface area contributed by atoms with Gasteiger partial charge in [-0.2, -0.15) is 0 Å². The first-order valence-corrected chi connectivity index (χ1v) is 12.0. The molecule has 2 N–H and O–H groups in total. The maximum absolute atomic E-state index is 13.9. The number of ether oxygens (including phenoxy) is 2. The number of amides is 2. The van der Waals surface area contributed by atoms with Crippen LogP contribution in [0.3, 0.4) is 0 Å². The molecule has 2 amide bonds. The summed E-state index contributed by atoms with van der Waals surface area (Å²) in [6, 6.07) is 5.28. The molecule has 3 aliphatic rings. The van der Waals surface area contributed by atoms with E-state index in [1.165, 1.54) is 4.90 Å². The SMILES string of the molecule is CCOC(=O)[C@@H]1[C@@H]2CCC3(O2)C(C(=O)Nc2ccccc2Cl)N([C@@H](CO)[C@@H](C)CC)C(=O)[C@H]13. The van der Waals surface area contributed by atoms with Gasteiger partial charge in [-0.05, 0) is 37.8 Å². The molecule has 9 heteroatoms. The smallest absolute Gasteiger partial charge is 0.312 e. The largest absolute Gasteiger partial charge is 0.466 e. The van der Waals surface area contributed by atoms with Crippen LogP contribution in [0.4, 0.5) is 5.69 Å². The van der Waals surface area contributed by atoms with Crippen LogP contribution in [0.15, 0.2) is 24.3 Å². The molecule has 33 heavy (non-hydrogen) atoms. The standard InChI is InChI=1S/C24H31ClN2O6/c1-4-13(3)16(12-28)27-20(21(29)26-15-9-7-6-8-14(15)25)24-11-10-17(33-24)18(19(24)22(27)30)23(31)32-5-2/h6-9,13,16-20,28H,4-5,10-12H2,1-3H3,(H,26,29)/t13-,16-,17-,18+,19-,20?,24?/m0/s1. The molecule has 1 aromatic carbocycles. The zero-order valence-corrected chi connectivity index (χ0v) is 19.9. The van der Waals surface area contributed by atoms with Crippen molar-refractivity contribution in [1.82, 2.24) is 4.90 Å². The molecule has 7 atom stereocenters. The average molecular weight is 479 g/mol. The van der Waals surface area contributed by atoms with Gasteiger partial charge >= 0.3 is 5.97 Å². The number of para-hydroxylation sites is 1. The summed E-state index contributed by atoms with van der Waals surface area (Å²) in [5.74, 6) is -2.90. The lowest BCUT2D eigenvalue weighted by Gasteiger charge is -2.38. The summed E-state index contributed by atoms with van der Waals surface area (Å²) in [5, 5.41) is 13.5. The predicted molar refractivity (Wildman–Crippen MR) is 121 cm³/mol. The van der Waals surface area contributed by atoms with Crippen LogP contribution in [0.25, 0.3) is 0 Å². The van der Waals surface area contributed by atoms with Crippen LogP contribution in [-0.4, -0.2) is 64.8 Å². The van der Waals surface area contributed by atoms with Crippen molar-refractivity contribution >= 4 is 35.1 Å². The Morgan fingerprint density at radius 1 is 1.36 bits per heavy atom. The predicted octanol–water partition coefficient (Wildman–Crippen LogP) is 2.62. The minimum Gasteiger partial charge on any atom is -0.466 e. The summed E-state index contributed by atoms with van der Waals surface area (Å²) in [4.78, 5) is 41.9. The molecule has 4 rings (SSSR count). The molecule has 2 bridgehead atoms. The summed E-state index contributed by atoms with van der Waals surface area (Å²) in [6.07, 6.45) is 1.27. The van der Waals surface area contributed by atoms with Crippen molar-refractivity contribution in [2.24, 2.45) is 17.8 Å². The number of likely N-dealkylation sites (tertiary alicyclic amines) is 1. The van der Waals surface area contributed by atoms with Gasteiger partial charge in [0.2, 0.25) is 11.8 Å². The number of halogens is 1. The lowest BCUT2D eigenvalue weighted by atomic mass is 9.70. The molecule has 3 aliphatic heterocycles. The van der Waals surface area contributed by atoms with Gasteiger partial charge in [-0.15, -0.1) is 0 Å². The summed E-state index contributed by atoms with van der Waals surface area (Å²) in [5.41, 5.74) is -0.722. The first-order chi connectivity index (χ1) is 15.8. The molecule has 3 heterocycles. The molecule has 0 radical (unpaired) electrons. The zero-order chi connectivity index (χ0) is 23.9. The van der Waals surface area contributed by atoms with Crippen LogP contribution >= 0.6 is 11.6 Å². The van der Waals surface area contributed by atoms with Crippen molar-refractivity contribution in [3.63, 3.8) is 0 Å². The third kappa shape index (κ3) is 3.72. The second-order valence-corrected chi connectivity index (χ2v) is 9.57. The van der Waals surface area contributed by atoms with Gasteiger partial charge in [0.15, 0.2) is 0 Å². The summed E-state index contributed by atoms with van der Waals surface area (Å²) in [7, 11) is 0. The van der Waals surface area contributed by atoms with Gasteiger partial charge in [0.25, 0.3) is 0 Å². The third-order valence-corrected chi connectivity index (χ3v) is 7.85. The maximum atomic E-state index is 13.9. The van der Waals surface area contributed by atoms with Crippen molar-refractivity contribution < 1.29 is 29.0 Å². The number of rotatable bonds is 8. The van der Waals surface area contributed by atoms with Crippen LogP contribution in [0.2, 0.25) is 5.02 Å². The Balaban J connectivity index is 1.77. The van der Waals surface area contributed by atoms with Gasteiger partial charge in [-0.1, -0.05) is 44.0 Å². The molecule has 1 aromatic rings. The number of hydrogen-bond acceptors (Lipinski definition) is 6. The first kappa shape index (κ1) is 24.0. The van der Waals surface area contributed by atoms with Crippen molar-refractivity contribution in [3.05, 3.63) is 29.3 Å². The Bertz CT molecular complexity index is 941. The van der Waals surface area contributed by atoms with Gasteiger partial charge in [-0.25, -0.2) is 0 Å². The number of esters is 1. The number of carbonyl (C=O) groups is 3. The number of anilines is 1. The topological polar surface area (TPSA) is 105 Å². The fourth-order valence-electron chi connectivity index (χ4n) is 5.83. The Hall–Kier alpha value is -2.16. The van der Waals surface area contributed by atoms with Crippen LogP contribution < -0.4 is 5.32 Å². The van der Waals surface area contributed by atoms with Crippen LogP contribution in [0.5, 0.6) is 0 Å². The Morgan fingerprint density at radius 2 is 2.09 bits per heavy atom. The van der Waals surface area contributed by atoms with E-state index in [2.05, 4.69) is 5.32 Å². The minimum atomic E-state index is -1.15. The lowest BCUT2D eigenvalue weighted by molar-refractivity contribution is -0.155. The molecule has 0 saturated carbocycles. The second kappa shape index (κ2) is 9.24. The molecule has 1 spiro atoms. The summed E-state index contributed by atoms with van der Waals surface area (Å²) in [6.45, 7) is 5.52. The molecular weight excluding hydrogens is 448 g/mol. The van der Waals surface area contributed by atoms with E-state index in [0.717, 1.165) is 0 Å². The van der Waals surface area contributed by atoms with Gasteiger partial charge in [0.05, 0.1) is 47.9 Å². The number of aliphatic hydroxyl groups excluding tert-OH is 1. The summed E-state index contributed by atoms with van der Waals surface area (Å²) >= 11 is 6.26. The number of hydrogen-bond donors (Lipinski definition) is 2. The van der Waals surface area contributed by atoms with E-state index in [1.807, 2.05) is 13.8 Å². The van der Waals surface area contributed by atoms with Gasteiger partial charge in [-0.3, -0.25) is 14.4 Å². The Kier molecular flexibility index (Phi) is 6.71. The fraction of sp³-hybridized carbons (Fsp3) is 0.625. The van der Waals surface area contributed by atoms with Crippen LogP contribution in [-0.2, 0) is 23.9 Å².